The van der Waals surface area contributed by atoms with Crippen LogP contribution in [0.25, 0.3) is 119 Å². The highest BCUT2D eigenvalue weighted by molar-refractivity contribution is 7.26. The van der Waals surface area contributed by atoms with E-state index in [9.17, 15) is 0 Å². The molecule has 0 saturated heterocycles. The Morgan fingerprint density at radius 3 is 1.68 bits per heavy atom. The van der Waals surface area contributed by atoms with Crippen LogP contribution in [0.3, 0.4) is 0 Å². The molecule has 0 N–H and O–H groups in total. The Morgan fingerprint density at radius 2 is 0.877 bits per heavy atom. The Labute approximate surface area is 335 Å². The molecule has 0 spiro atoms. The lowest BCUT2D eigenvalue weighted by Crippen LogP contribution is -2.00. The zero-order chi connectivity index (χ0) is 37.5. The largest absolute Gasteiger partial charge is 0.456 e. The van der Waals surface area contributed by atoms with Crippen LogP contribution in [0.15, 0.2) is 180 Å². The molecular weight excluding hydrogens is 735 g/mol. The van der Waals surface area contributed by atoms with E-state index in [4.69, 9.17) is 19.4 Å². The van der Waals surface area contributed by atoms with Gasteiger partial charge >= 0.3 is 0 Å². The number of hydrogen-bond donors (Lipinski definition) is 0. The van der Waals surface area contributed by atoms with Gasteiger partial charge in [0, 0.05) is 67.8 Å². The number of para-hydroxylation sites is 1. The fraction of sp³-hybridized carbons (Fsp3) is 0. The van der Waals surface area contributed by atoms with Gasteiger partial charge in [-0.25, -0.2) is 15.0 Å². The number of aromatic nitrogens is 3. The minimum Gasteiger partial charge on any atom is -0.456 e. The Balaban J connectivity index is 1.09. The molecule has 0 amide bonds. The van der Waals surface area contributed by atoms with E-state index in [2.05, 4.69) is 158 Å². The summed E-state index contributed by atoms with van der Waals surface area (Å²) in [5.41, 5.74) is 8.83. The van der Waals surface area contributed by atoms with Gasteiger partial charge in [0.15, 0.2) is 17.5 Å². The highest BCUT2D eigenvalue weighted by atomic mass is 32.1. The number of nitrogens with zero attached hydrogens (tertiary/aromatic N) is 3. The van der Waals surface area contributed by atoms with Gasteiger partial charge in [-0.3, -0.25) is 0 Å². The van der Waals surface area contributed by atoms with Gasteiger partial charge in [-0.15, -0.1) is 22.7 Å². The summed E-state index contributed by atoms with van der Waals surface area (Å²) in [4.78, 5) is 15.8. The average molecular weight is 764 g/mol. The molecule has 0 aliphatic carbocycles. The molecule has 4 aromatic heterocycles. The summed E-state index contributed by atoms with van der Waals surface area (Å²) in [6, 6.07) is 62.1. The lowest BCUT2D eigenvalue weighted by atomic mass is 9.97. The molecule has 266 valence electrons. The first kappa shape index (κ1) is 32.3. The van der Waals surface area contributed by atoms with Crippen molar-refractivity contribution in [3.8, 4) is 56.4 Å². The summed E-state index contributed by atoms with van der Waals surface area (Å²) in [5.74, 6) is 1.83. The SMILES string of the molecule is c1ccc(-c2ccc(-c3nc(-c4ccc5c(c4)sc4ccccc45)nc(-c4cc(-c5ccc6sc7ccccc7c6c5)cc5oc6ccccc6c45)n3)cc2)cc1. The smallest absolute Gasteiger partial charge is 0.164 e. The Hall–Kier alpha value is -6.99. The van der Waals surface area contributed by atoms with E-state index in [1.165, 1.54) is 40.3 Å². The Morgan fingerprint density at radius 1 is 0.316 bits per heavy atom. The first-order valence-electron chi connectivity index (χ1n) is 18.9. The molecule has 57 heavy (non-hydrogen) atoms. The monoisotopic (exact) mass is 763 g/mol. The zero-order valence-electron chi connectivity index (χ0n) is 30.3. The molecule has 6 heteroatoms. The zero-order valence-corrected chi connectivity index (χ0v) is 31.9. The Bertz CT molecular complexity index is 3530. The maximum atomic E-state index is 6.61. The van der Waals surface area contributed by atoms with Crippen LogP contribution in [0.2, 0.25) is 0 Å². The number of hydrogen-bond acceptors (Lipinski definition) is 6. The van der Waals surface area contributed by atoms with Crippen molar-refractivity contribution in [3.05, 3.63) is 176 Å². The van der Waals surface area contributed by atoms with Crippen molar-refractivity contribution in [2.45, 2.75) is 0 Å². The maximum Gasteiger partial charge on any atom is 0.164 e. The second-order valence-corrected chi connectivity index (χ2v) is 16.5. The van der Waals surface area contributed by atoms with Crippen molar-refractivity contribution in [1.82, 2.24) is 15.0 Å². The highest BCUT2D eigenvalue weighted by Gasteiger charge is 2.21. The molecule has 4 heterocycles. The van der Waals surface area contributed by atoms with Gasteiger partial charge in [0.25, 0.3) is 0 Å². The average Bonchev–Trinajstić information content (AvgIpc) is 3.97. The van der Waals surface area contributed by atoms with Gasteiger partial charge in [-0.05, 0) is 70.8 Å². The summed E-state index contributed by atoms with van der Waals surface area (Å²) in [5, 5.41) is 7.03. The predicted molar refractivity (Wildman–Crippen MR) is 240 cm³/mol. The van der Waals surface area contributed by atoms with Crippen LogP contribution in [0.5, 0.6) is 0 Å². The molecule has 0 radical (unpaired) electrons. The first-order chi connectivity index (χ1) is 28.2. The number of furan rings is 1. The third-order valence-electron chi connectivity index (χ3n) is 11.0. The lowest BCUT2D eigenvalue weighted by Gasteiger charge is -2.12. The molecule has 0 saturated carbocycles. The van der Waals surface area contributed by atoms with Crippen molar-refractivity contribution in [1.29, 1.82) is 0 Å². The van der Waals surface area contributed by atoms with Crippen LogP contribution in [0.4, 0.5) is 0 Å². The van der Waals surface area contributed by atoms with Crippen LogP contribution >= 0.6 is 22.7 Å². The van der Waals surface area contributed by atoms with E-state index in [0.717, 1.165) is 60.9 Å². The fourth-order valence-electron chi connectivity index (χ4n) is 8.17. The molecule has 12 aromatic rings. The van der Waals surface area contributed by atoms with Gasteiger partial charge in [0.1, 0.15) is 11.2 Å². The minimum absolute atomic E-state index is 0.596. The van der Waals surface area contributed by atoms with Crippen LogP contribution in [0, 0.1) is 0 Å². The molecule has 12 rings (SSSR count). The molecule has 0 aliphatic rings. The fourth-order valence-corrected chi connectivity index (χ4v) is 10.4. The van der Waals surface area contributed by atoms with Crippen LogP contribution in [-0.2, 0) is 0 Å². The van der Waals surface area contributed by atoms with Crippen molar-refractivity contribution < 1.29 is 4.42 Å². The molecule has 0 atom stereocenters. The normalized spacial score (nSPS) is 11.9. The third-order valence-corrected chi connectivity index (χ3v) is 13.2. The van der Waals surface area contributed by atoms with Crippen LogP contribution in [-0.4, -0.2) is 15.0 Å². The predicted octanol–water partition coefficient (Wildman–Crippen LogP) is 14.8. The molecule has 0 unspecified atom stereocenters. The molecule has 0 fully saturated rings. The van der Waals surface area contributed by atoms with Crippen molar-refractivity contribution in [3.63, 3.8) is 0 Å². The van der Waals surface area contributed by atoms with E-state index >= 15 is 0 Å². The number of thiophene rings is 2. The van der Waals surface area contributed by atoms with E-state index < -0.39 is 0 Å². The molecule has 4 nitrogen and oxygen atoms in total. The standard InChI is InChI=1S/C51H29N3OS2/c1-2-10-30(11-3-1)31-18-20-32(21-19-31)49-52-50(34-22-24-38-36-12-5-8-16-44(36)57-47(38)29-34)54-51(53-49)41-27-35(28-43-48(41)39-14-4-7-15-42(39)55-43)33-23-25-46-40(26-33)37-13-6-9-17-45(37)56-46/h1-29H. The number of rotatable bonds is 5. The second-order valence-electron chi connectivity index (χ2n) is 14.4. The van der Waals surface area contributed by atoms with Crippen LogP contribution in [0.1, 0.15) is 0 Å². The van der Waals surface area contributed by atoms with Gasteiger partial charge in [-0.1, -0.05) is 127 Å². The highest BCUT2D eigenvalue weighted by Crippen LogP contribution is 2.43. The maximum absolute atomic E-state index is 6.61. The molecule has 0 bridgehead atoms. The van der Waals surface area contributed by atoms with Crippen molar-refractivity contribution in [2.75, 3.05) is 0 Å². The number of benzene rings is 8. The summed E-state index contributed by atoms with van der Waals surface area (Å²) in [7, 11) is 0. The topological polar surface area (TPSA) is 51.8 Å². The van der Waals surface area contributed by atoms with E-state index in [-0.39, 0.29) is 0 Å². The van der Waals surface area contributed by atoms with Crippen LogP contribution < -0.4 is 0 Å². The summed E-state index contributed by atoms with van der Waals surface area (Å²) in [6.07, 6.45) is 0. The summed E-state index contributed by atoms with van der Waals surface area (Å²) < 4.78 is 11.6. The van der Waals surface area contributed by atoms with Gasteiger partial charge in [-0.2, -0.15) is 0 Å². The van der Waals surface area contributed by atoms with E-state index in [0.29, 0.717) is 17.5 Å². The van der Waals surface area contributed by atoms with E-state index in [1.807, 2.05) is 29.5 Å². The molecule has 8 aromatic carbocycles. The lowest BCUT2D eigenvalue weighted by molar-refractivity contribution is 0.669. The van der Waals surface area contributed by atoms with Gasteiger partial charge in [0.05, 0.1) is 0 Å². The summed E-state index contributed by atoms with van der Waals surface area (Å²) in [6.45, 7) is 0. The van der Waals surface area contributed by atoms with Gasteiger partial charge < -0.3 is 4.42 Å². The first-order valence-corrected chi connectivity index (χ1v) is 20.5. The van der Waals surface area contributed by atoms with Gasteiger partial charge in [0.2, 0.25) is 0 Å². The Kier molecular flexibility index (Phi) is 7.24. The van der Waals surface area contributed by atoms with Crippen molar-refractivity contribution >= 4 is 85.0 Å². The van der Waals surface area contributed by atoms with E-state index in [1.54, 1.807) is 11.3 Å². The summed E-state index contributed by atoms with van der Waals surface area (Å²) >= 11 is 3.62. The third kappa shape index (κ3) is 5.37. The molecular formula is C51H29N3OS2. The molecule has 0 aliphatic heterocycles. The minimum atomic E-state index is 0.596. The number of fused-ring (bicyclic) bond motifs is 9. The second kappa shape index (κ2) is 12.8. The quantitative estimate of drug-likeness (QED) is 0.175. The van der Waals surface area contributed by atoms with Crippen molar-refractivity contribution in [2.24, 2.45) is 0 Å².